The van der Waals surface area contributed by atoms with E-state index in [-0.39, 0.29) is 37.6 Å². The first-order chi connectivity index (χ1) is 23.8. The van der Waals surface area contributed by atoms with Crippen LogP contribution in [0.1, 0.15) is 80.6 Å². The van der Waals surface area contributed by atoms with E-state index in [2.05, 4.69) is 32.9 Å². The predicted octanol–water partition coefficient (Wildman–Crippen LogP) is 5.59. The van der Waals surface area contributed by atoms with Crippen LogP contribution in [0.25, 0.3) is 0 Å². The van der Waals surface area contributed by atoms with Gasteiger partial charge in [-0.05, 0) is 82.4 Å². The Morgan fingerprint density at radius 2 is 1.88 bits per heavy atom. The lowest BCUT2D eigenvalue weighted by Crippen LogP contribution is -2.62. The summed E-state index contributed by atoms with van der Waals surface area (Å²) < 4.78 is 37.3. The second kappa shape index (κ2) is 15.8. The first kappa shape index (κ1) is 38.4. The van der Waals surface area contributed by atoms with Crippen molar-refractivity contribution in [2.75, 3.05) is 20.3 Å². The zero-order valence-electron chi connectivity index (χ0n) is 30.8. The number of allylic oxidation sites excluding steroid dienone is 6. The number of fused-ring (bicyclic) bond motifs is 2. The highest BCUT2D eigenvalue weighted by molar-refractivity contribution is 5.87. The number of carbonyl (C=O) groups excluding carboxylic acids is 2. The molecule has 0 unspecified atom stereocenters. The molecular weight excluding hydrogens is 640 g/mol. The Morgan fingerprint density at radius 3 is 2.58 bits per heavy atom. The van der Waals surface area contributed by atoms with Crippen molar-refractivity contribution in [3.05, 3.63) is 70.4 Å². The van der Waals surface area contributed by atoms with E-state index in [1.165, 1.54) is 12.7 Å². The smallest absolute Gasteiger partial charge is 0.333 e. The summed E-state index contributed by atoms with van der Waals surface area (Å²) in [7, 11) is 1.50. The van der Waals surface area contributed by atoms with E-state index in [0.29, 0.717) is 36.0 Å². The minimum Gasteiger partial charge on any atom is -0.462 e. The zero-order chi connectivity index (χ0) is 36.4. The van der Waals surface area contributed by atoms with Gasteiger partial charge in [-0.1, -0.05) is 62.0 Å². The summed E-state index contributed by atoms with van der Waals surface area (Å²) in [5.74, 6) is -3.47. The Hall–Kier alpha value is -2.86. The molecule has 0 aromatic heterocycles. The SMILES string of the molecule is C/C=C(\C)C(=O)OCC1=C[C@H]2C(=O)O[C@H]3C[C@@H](CC=C(C)C[C@@H](C)C=CC=C4CO[C@H]([C@@H]1OC)[C@@]42O)O[C@@]1(C3)O[C@H](/C(C)=C/C)[C@@H](C)C[C@H]1O. The molecule has 3 fully saturated rings. The molecule has 11 atom stereocenters. The molecule has 5 rings (SSSR count). The van der Waals surface area contributed by atoms with Crippen LogP contribution in [0.3, 0.4) is 0 Å². The summed E-state index contributed by atoms with van der Waals surface area (Å²) in [5.41, 5.74) is 1.91. The first-order valence-electron chi connectivity index (χ1n) is 18.0. The van der Waals surface area contributed by atoms with Crippen LogP contribution in [-0.4, -0.2) is 90.5 Å². The van der Waals surface area contributed by atoms with Gasteiger partial charge in [0.05, 0.1) is 18.8 Å². The van der Waals surface area contributed by atoms with Gasteiger partial charge in [0.25, 0.3) is 0 Å². The van der Waals surface area contributed by atoms with Gasteiger partial charge in [0.15, 0.2) is 5.79 Å². The summed E-state index contributed by atoms with van der Waals surface area (Å²) in [5, 5.41) is 24.2. The molecule has 2 N–H and O–H groups in total. The highest BCUT2D eigenvalue weighted by Crippen LogP contribution is 2.48. The number of esters is 2. The Morgan fingerprint density at radius 1 is 1.12 bits per heavy atom. The van der Waals surface area contributed by atoms with Crippen LogP contribution in [-0.2, 0) is 38.0 Å². The Kier molecular flexibility index (Phi) is 12.1. The van der Waals surface area contributed by atoms with Crippen molar-refractivity contribution in [1.29, 1.82) is 0 Å². The highest BCUT2D eigenvalue weighted by atomic mass is 16.7. The van der Waals surface area contributed by atoms with Crippen molar-refractivity contribution in [2.45, 2.75) is 129 Å². The minimum atomic E-state index is -1.79. The van der Waals surface area contributed by atoms with Gasteiger partial charge < -0.3 is 38.6 Å². The van der Waals surface area contributed by atoms with Crippen LogP contribution in [0.15, 0.2) is 70.4 Å². The maximum atomic E-state index is 14.5. The van der Waals surface area contributed by atoms with E-state index in [9.17, 15) is 19.8 Å². The molecule has 50 heavy (non-hydrogen) atoms. The molecule has 0 aromatic rings. The third-order valence-corrected chi connectivity index (χ3v) is 11.1. The average Bonchev–Trinajstić information content (AvgIpc) is 3.42. The Balaban J connectivity index is 1.56. The van der Waals surface area contributed by atoms with Gasteiger partial charge in [0.1, 0.15) is 42.5 Å². The molecule has 10 heteroatoms. The van der Waals surface area contributed by atoms with Gasteiger partial charge in [-0.25, -0.2) is 4.79 Å². The van der Waals surface area contributed by atoms with Crippen LogP contribution < -0.4 is 0 Å². The largest absolute Gasteiger partial charge is 0.462 e. The second-order valence-corrected chi connectivity index (χ2v) is 14.9. The highest BCUT2D eigenvalue weighted by Gasteiger charge is 2.61. The number of hydrogen-bond acceptors (Lipinski definition) is 10. The molecule has 0 amide bonds. The number of hydrogen-bond donors (Lipinski definition) is 2. The van der Waals surface area contributed by atoms with E-state index in [4.69, 9.17) is 28.4 Å². The zero-order valence-corrected chi connectivity index (χ0v) is 30.8. The topological polar surface area (TPSA) is 130 Å². The summed E-state index contributed by atoms with van der Waals surface area (Å²) >= 11 is 0. The second-order valence-electron chi connectivity index (χ2n) is 14.9. The number of aliphatic hydroxyl groups excluding tert-OH is 1. The molecule has 0 radical (unpaired) electrons. The molecule has 1 spiro atoms. The quantitative estimate of drug-likeness (QED) is 0.213. The maximum Gasteiger partial charge on any atom is 0.333 e. The maximum absolute atomic E-state index is 14.5. The normalized spacial score (nSPS) is 40.0. The van der Waals surface area contributed by atoms with Crippen molar-refractivity contribution in [1.82, 2.24) is 0 Å². The van der Waals surface area contributed by atoms with Crippen molar-refractivity contribution in [3.63, 3.8) is 0 Å². The average molecular weight is 697 g/mol. The summed E-state index contributed by atoms with van der Waals surface area (Å²) in [6, 6.07) is 0. The monoisotopic (exact) mass is 696 g/mol. The number of rotatable bonds is 5. The Bertz CT molecular complexity index is 1470. The van der Waals surface area contributed by atoms with E-state index < -0.39 is 59.8 Å². The van der Waals surface area contributed by atoms with E-state index in [1.54, 1.807) is 26.0 Å². The molecule has 3 saturated heterocycles. The molecule has 2 bridgehead atoms. The van der Waals surface area contributed by atoms with Gasteiger partial charge in [-0.3, -0.25) is 4.79 Å². The van der Waals surface area contributed by atoms with E-state index in [0.717, 1.165) is 12.0 Å². The molecule has 5 aliphatic rings. The number of methoxy groups -OCH3 is 1. The lowest BCUT2D eigenvalue weighted by atomic mass is 9.70. The molecule has 4 aliphatic heterocycles. The molecule has 0 saturated carbocycles. The molecule has 4 heterocycles. The van der Waals surface area contributed by atoms with Crippen molar-refractivity contribution < 1.29 is 48.2 Å². The van der Waals surface area contributed by atoms with Crippen LogP contribution in [0, 0.1) is 17.8 Å². The summed E-state index contributed by atoms with van der Waals surface area (Å²) in [6.07, 6.45) is 11.6. The molecule has 1 aliphatic carbocycles. The number of aliphatic hydroxyl groups is 2. The van der Waals surface area contributed by atoms with Gasteiger partial charge in [0, 0.05) is 25.5 Å². The lowest BCUT2D eigenvalue weighted by molar-refractivity contribution is -0.363. The van der Waals surface area contributed by atoms with Crippen LogP contribution in [0.2, 0.25) is 0 Å². The third-order valence-electron chi connectivity index (χ3n) is 11.1. The van der Waals surface area contributed by atoms with Crippen molar-refractivity contribution >= 4 is 11.9 Å². The lowest BCUT2D eigenvalue weighted by Gasteiger charge is -2.52. The van der Waals surface area contributed by atoms with Gasteiger partial charge >= 0.3 is 11.9 Å². The third kappa shape index (κ3) is 7.66. The predicted molar refractivity (Wildman–Crippen MR) is 188 cm³/mol. The summed E-state index contributed by atoms with van der Waals surface area (Å²) in [4.78, 5) is 27.1. The van der Waals surface area contributed by atoms with Gasteiger partial charge in [0.2, 0.25) is 0 Å². The number of ether oxygens (including phenoxy) is 6. The Labute approximate surface area is 296 Å². The fourth-order valence-electron chi connectivity index (χ4n) is 8.10. The van der Waals surface area contributed by atoms with E-state index >= 15 is 0 Å². The molecule has 276 valence electrons. The van der Waals surface area contributed by atoms with Crippen LogP contribution in [0.4, 0.5) is 0 Å². The first-order valence-corrected chi connectivity index (χ1v) is 18.0. The van der Waals surface area contributed by atoms with Crippen LogP contribution >= 0.6 is 0 Å². The molecular formula is C40H56O10. The fraction of sp³-hybridized carbons (Fsp3) is 0.650. The van der Waals surface area contributed by atoms with E-state index in [1.807, 2.05) is 32.1 Å². The van der Waals surface area contributed by atoms with Crippen LogP contribution in [0.5, 0.6) is 0 Å². The number of carbonyl (C=O) groups is 2. The molecule has 0 aromatic carbocycles. The standard InChI is InChI=1S/C40H56O10/c1-9-25(5)34-27(7)17-33(41)39(50-34)20-31-19-30(49-39)15-14-24(4)16-23(3)12-11-13-29-22-46-36-35(45-8)28(21-47-37(42)26(6)10-2)18-32(38(43)48-31)40(29,36)44/h9-14,18,23,27,30-36,41,44H,15-17,19-22H2,1-8H3/b12-11?,24-14?,25-9+,26-10+,29-13?/t23-,27-,30+,31-,32-,33+,34+,35+,36+,39-,40+/m0/s1. The van der Waals surface area contributed by atoms with Gasteiger partial charge in [-0.15, -0.1) is 0 Å². The van der Waals surface area contributed by atoms with Crippen molar-refractivity contribution in [2.24, 2.45) is 17.8 Å². The fourth-order valence-corrected chi connectivity index (χ4v) is 8.10. The van der Waals surface area contributed by atoms with Gasteiger partial charge in [-0.2, -0.15) is 0 Å². The summed E-state index contributed by atoms with van der Waals surface area (Å²) in [6.45, 7) is 13.6. The van der Waals surface area contributed by atoms with Crippen molar-refractivity contribution in [3.8, 4) is 0 Å². The minimum absolute atomic E-state index is 0.0583. The molecule has 10 nitrogen and oxygen atoms in total.